The van der Waals surface area contributed by atoms with Crippen LogP contribution in [0.1, 0.15) is 19.4 Å². The van der Waals surface area contributed by atoms with Gasteiger partial charge in [-0.25, -0.2) is 0 Å². The van der Waals surface area contributed by atoms with E-state index in [1.165, 1.54) is 5.56 Å². The Hall–Kier alpha value is -0.580. The van der Waals surface area contributed by atoms with Crippen molar-refractivity contribution in [2.75, 3.05) is 26.3 Å². The van der Waals surface area contributed by atoms with Crippen LogP contribution < -0.4 is 4.74 Å². The minimum atomic E-state index is 0.197. The largest absolute Gasteiger partial charge is 0.491 e. The van der Waals surface area contributed by atoms with E-state index in [2.05, 4.69) is 40.7 Å². The molecular formula is C14H20BrNO2. The monoisotopic (exact) mass is 313 g/mol. The molecule has 1 aliphatic heterocycles. The first-order valence-corrected chi connectivity index (χ1v) is 7.20. The number of hydrogen-bond donors (Lipinski definition) is 0. The second kappa shape index (κ2) is 6.55. The Kier molecular flexibility index (Phi) is 5.03. The summed E-state index contributed by atoms with van der Waals surface area (Å²) < 4.78 is 12.4. The highest BCUT2D eigenvalue weighted by Gasteiger charge is 2.16. The molecule has 0 bridgehead atoms. The summed E-state index contributed by atoms with van der Waals surface area (Å²) >= 11 is 3.63. The molecule has 3 nitrogen and oxygen atoms in total. The Balaban J connectivity index is 2.13. The number of morpholine rings is 1. The molecule has 1 saturated heterocycles. The zero-order valence-electron chi connectivity index (χ0n) is 11.0. The van der Waals surface area contributed by atoms with Crippen molar-refractivity contribution in [1.82, 2.24) is 4.90 Å². The molecule has 0 saturated carbocycles. The van der Waals surface area contributed by atoms with E-state index in [1.807, 2.05) is 12.1 Å². The summed E-state index contributed by atoms with van der Waals surface area (Å²) in [5, 5.41) is 0. The summed E-state index contributed by atoms with van der Waals surface area (Å²) in [4.78, 5) is 2.40. The minimum absolute atomic E-state index is 0.197. The number of hydrogen-bond acceptors (Lipinski definition) is 3. The molecule has 1 aromatic carbocycles. The van der Waals surface area contributed by atoms with Gasteiger partial charge < -0.3 is 9.47 Å². The standard InChI is InChI=1S/C14H20BrNO2/c1-11(2)18-14-5-3-4-13(15)12(14)10-16-6-8-17-9-7-16/h3-5,11H,6-10H2,1-2H3. The first-order chi connectivity index (χ1) is 8.66. The zero-order valence-corrected chi connectivity index (χ0v) is 12.6. The van der Waals surface area contributed by atoms with Gasteiger partial charge in [-0.2, -0.15) is 0 Å². The molecule has 0 N–H and O–H groups in total. The fourth-order valence-corrected chi connectivity index (χ4v) is 2.51. The van der Waals surface area contributed by atoms with E-state index >= 15 is 0 Å². The van der Waals surface area contributed by atoms with E-state index in [1.54, 1.807) is 0 Å². The molecule has 1 heterocycles. The molecule has 18 heavy (non-hydrogen) atoms. The average Bonchev–Trinajstić information content (AvgIpc) is 2.34. The first kappa shape index (κ1) is 13.8. The summed E-state index contributed by atoms with van der Waals surface area (Å²) in [5.74, 6) is 0.978. The lowest BCUT2D eigenvalue weighted by atomic mass is 10.1. The highest BCUT2D eigenvalue weighted by atomic mass is 79.9. The minimum Gasteiger partial charge on any atom is -0.491 e. The van der Waals surface area contributed by atoms with Gasteiger partial charge in [0.2, 0.25) is 0 Å². The van der Waals surface area contributed by atoms with Crippen LogP contribution in [0.2, 0.25) is 0 Å². The summed E-state index contributed by atoms with van der Waals surface area (Å²) in [6, 6.07) is 6.13. The molecule has 100 valence electrons. The third kappa shape index (κ3) is 3.70. The summed E-state index contributed by atoms with van der Waals surface area (Å²) in [7, 11) is 0. The summed E-state index contributed by atoms with van der Waals surface area (Å²) in [6.45, 7) is 8.65. The molecule has 1 aromatic rings. The molecule has 4 heteroatoms. The number of halogens is 1. The molecular weight excluding hydrogens is 294 g/mol. The summed E-state index contributed by atoms with van der Waals surface area (Å²) in [6.07, 6.45) is 0.197. The van der Waals surface area contributed by atoms with E-state index in [-0.39, 0.29) is 6.10 Å². The third-order valence-electron chi connectivity index (χ3n) is 2.92. The lowest BCUT2D eigenvalue weighted by molar-refractivity contribution is 0.0335. The second-order valence-electron chi connectivity index (χ2n) is 4.77. The molecule has 0 radical (unpaired) electrons. The molecule has 1 fully saturated rings. The molecule has 2 rings (SSSR count). The zero-order chi connectivity index (χ0) is 13.0. The van der Waals surface area contributed by atoms with Crippen molar-refractivity contribution < 1.29 is 9.47 Å². The van der Waals surface area contributed by atoms with E-state index < -0.39 is 0 Å². The van der Waals surface area contributed by atoms with Crippen LogP contribution in [0.25, 0.3) is 0 Å². The predicted octanol–water partition coefficient (Wildman–Crippen LogP) is 3.07. The van der Waals surface area contributed by atoms with Crippen LogP contribution in [0.15, 0.2) is 22.7 Å². The number of ether oxygens (including phenoxy) is 2. The van der Waals surface area contributed by atoms with Gasteiger partial charge in [-0.3, -0.25) is 4.90 Å². The maximum absolute atomic E-state index is 5.88. The van der Waals surface area contributed by atoms with Gasteiger partial charge in [0.15, 0.2) is 0 Å². The number of benzene rings is 1. The SMILES string of the molecule is CC(C)Oc1cccc(Br)c1CN1CCOCC1. The molecule has 0 aromatic heterocycles. The van der Waals surface area contributed by atoms with Gasteiger partial charge in [0, 0.05) is 29.7 Å². The van der Waals surface area contributed by atoms with Gasteiger partial charge in [-0.05, 0) is 26.0 Å². The van der Waals surface area contributed by atoms with Crippen LogP contribution in [-0.4, -0.2) is 37.3 Å². The first-order valence-electron chi connectivity index (χ1n) is 6.41. The molecule has 0 amide bonds. The van der Waals surface area contributed by atoms with Gasteiger partial charge >= 0.3 is 0 Å². The van der Waals surface area contributed by atoms with Crippen LogP contribution in [0.4, 0.5) is 0 Å². The maximum Gasteiger partial charge on any atom is 0.125 e. The van der Waals surface area contributed by atoms with Crippen molar-refractivity contribution in [2.45, 2.75) is 26.5 Å². The number of nitrogens with zero attached hydrogens (tertiary/aromatic N) is 1. The molecule has 0 atom stereocenters. The van der Waals surface area contributed by atoms with Crippen molar-refractivity contribution in [3.05, 3.63) is 28.2 Å². The van der Waals surface area contributed by atoms with Crippen LogP contribution in [0.3, 0.4) is 0 Å². The van der Waals surface area contributed by atoms with E-state index in [0.717, 1.165) is 43.1 Å². The number of rotatable bonds is 4. The van der Waals surface area contributed by atoms with Crippen LogP contribution in [-0.2, 0) is 11.3 Å². The smallest absolute Gasteiger partial charge is 0.125 e. The van der Waals surface area contributed by atoms with Crippen molar-refractivity contribution in [1.29, 1.82) is 0 Å². The van der Waals surface area contributed by atoms with E-state index in [0.29, 0.717) is 0 Å². The predicted molar refractivity (Wildman–Crippen MR) is 76.0 cm³/mol. The average molecular weight is 314 g/mol. The van der Waals surface area contributed by atoms with Crippen molar-refractivity contribution >= 4 is 15.9 Å². The highest BCUT2D eigenvalue weighted by molar-refractivity contribution is 9.10. The Morgan fingerprint density at radius 2 is 2.06 bits per heavy atom. The maximum atomic E-state index is 5.88. The Bertz CT molecular complexity index is 389. The topological polar surface area (TPSA) is 21.7 Å². The van der Waals surface area contributed by atoms with E-state index in [9.17, 15) is 0 Å². The van der Waals surface area contributed by atoms with E-state index in [4.69, 9.17) is 9.47 Å². The molecule has 0 spiro atoms. The molecule has 1 aliphatic rings. The third-order valence-corrected chi connectivity index (χ3v) is 3.67. The van der Waals surface area contributed by atoms with Crippen molar-refractivity contribution in [3.63, 3.8) is 0 Å². The lowest BCUT2D eigenvalue weighted by Gasteiger charge is -2.28. The van der Waals surface area contributed by atoms with Gasteiger partial charge in [-0.1, -0.05) is 22.0 Å². The van der Waals surface area contributed by atoms with Crippen LogP contribution in [0, 0.1) is 0 Å². The van der Waals surface area contributed by atoms with Crippen LogP contribution >= 0.6 is 15.9 Å². The lowest BCUT2D eigenvalue weighted by Crippen LogP contribution is -2.35. The van der Waals surface area contributed by atoms with Gasteiger partial charge in [0.05, 0.1) is 19.3 Å². The van der Waals surface area contributed by atoms with Crippen molar-refractivity contribution in [3.8, 4) is 5.75 Å². The van der Waals surface area contributed by atoms with Gasteiger partial charge in [0.1, 0.15) is 5.75 Å². The fourth-order valence-electron chi connectivity index (χ4n) is 2.04. The Labute approximate surface area is 117 Å². The van der Waals surface area contributed by atoms with Crippen LogP contribution in [0.5, 0.6) is 5.75 Å². The van der Waals surface area contributed by atoms with Crippen molar-refractivity contribution in [2.24, 2.45) is 0 Å². The Morgan fingerprint density at radius 1 is 1.33 bits per heavy atom. The second-order valence-corrected chi connectivity index (χ2v) is 5.63. The molecule has 0 unspecified atom stereocenters. The fraction of sp³-hybridized carbons (Fsp3) is 0.571. The quantitative estimate of drug-likeness (QED) is 0.852. The van der Waals surface area contributed by atoms with Gasteiger partial charge in [0.25, 0.3) is 0 Å². The Morgan fingerprint density at radius 3 is 2.72 bits per heavy atom. The highest BCUT2D eigenvalue weighted by Crippen LogP contribution is 2.29. The van der Waals surface area contributed by atoms with Gasteiger partial charge in [-0.15, -0.1) is 0 Å². The summed E-state index contributed by atoms with van der Waals surface area (Å²) in [5.41, 5.74) is 1.23. The molecule has 0 aliphatic carbocycles. The normalized spacial score (nSPS) is 17.1.